The fourth-order valence-corrected chi connectivity index (χ4v) is 3.98. The first-order valence-corrected chi connectivity index (χ1v) is 9.60. The molecule has 140 valence electrons. The van der Waals surface area contributed by atoms with E-state index < -0.39 is 5.41 Å². The first kappa shape index (κ1) is 20.2. The molecule has 3 heteroatoms. The lowest BCUT2D eigenvalue weighted by atomic mass is 9.68. The van der Waals surface area contributed by atoms with Gasteiger partial charge in [-0.2, -0.15) is 0 Å². The summed E-state index contributed by atoms with van der Waals surface area (Å²) in [4.78, 5) is 12.8. The van der Waals surface area contributed by atoms with Crippen molar-refractivity contribution in [3.63, 3.8) is 0 Å². The Morgan fingerprint density at radius 3 is 1.69 bits per heavy atom. The summed E-state index contributed by atoms with van der Waals surface area (Å²) in [6.45, 7) is 6.46. The van der Waals surface area contributed by atoms with Gasteiger partial charge in [-0.1, -0.05) is 81.4 Å². The first-order valence-electron chi connectivity index (χ1n) is 9.60. The van der Waals surface area contributed by atoms with E-state index in [1.165, 1.54) is 0 Å². The van der Waals surface area contributed by atoms with Crippen molar-refractivity contribution in [1.82, 2.24) is 0 Å². The van der Waals surface area contributed by atoms with E-state index in [1.807, 2.05) is 60.7 Å². The van der Waals surface area contributed by atoms with Crippen LogP contribution in [0.2, 0.25) is 0 Å². The van der Waals surface area contributed by atoms with Gasteiger partial charge in [0.1, 0.15) is 0 Å². The molecule has 0 spiro atoms. The topological polar surface area (TPSA) is 69.1 Å². The Balaban J connectivity index is 2.46. The predicted molar refractivity (Wildman–Crippen MR) is 109 cm³/mol. The number of carbonyl (C=O) groups excluding carboxylic acids is 1. The molecule has 0 heterocycles. The standard InChI is InChI=1S/C23H32N2O/c1-4-22(25,5-2)18(3)16-17-23(21(24)26,19-12-8-6-9-13-19)20-14-10-7-11-15-20/h6-15,18H,4-5,16-17,25H2,1-3H3,(H2,24,26). The fraction of sp³-hybridized carbons (Fsp3) is 0.435. The Morgan fingerprint density at radius 1 is 0.923 bits per heavy atom. The Morgan fingerprint density at radius 2 is 1.35 bits per heavy atom. The van der Waals surface area contributed by atoms with Crippen molar-refractivity contribution in [3.8, 4) is 0 Å². The van der Waals surface area contributed by atoms with Crippen molar-refractivity contribution in [2.45, 2.75) is 57.4 Å². The van der Waals surface area contributed by atoms with Gasteiger partial charge in [-0.05, 0) is 42.7 Å². The molecular formula is C23H32N2O. The number of rotatable bonds is 9. The lowest BCUT2D eigenvalue weighted by Crippen LogP contribution is -2.47. The van der Waals surface area contributed by atoms with E-state index in [2.05, 4.69) is 20.8 Å². The monoisotopic (exact) mass is 352 g/mol. The van der Waals surface area contributed by atoms with Crippen LogP contribution in [0, 0.1) is 5.92 Å². The molecule has 0 aliphatic carbocycles. The van der Waals surface area contributed by atoms with Crippen molar-refractivity contribution in [3.05, 3.63) is 71.8 Å². The van der Waals surface area contributed by atoms with Gasteiger partial charge in [-0.3, -0.25) is 4.79 Å². The van der Waals surface area contributed by atoms with Crippen molar-refractivity contribution in [2.24, 2.45) is 17.4 Å². The minimum atomic E-state index is -0.834. The zero-order valence-corrected chi connectivity index (χ0v) is 16.2. The summed E-state index contributed by atoms with van der Waals surface area (Å²) < 4.78 is 0. The number of benzene rings is 2. The van der Waals surface area contributed by atoms with Gasteiger partial charge < -0.3 is 11.5 Å². The van der Waals surface area contributed by atoms with Crippen molar-refractivity contribution >= 4 is 5.91 Å². The van der Waals surface area contributed by atoms with Gasteiger partial charge in [-0.15, -0.1) is 0 Å². The molecule has 1 unspecified atom stereocenters. The van der Waals surface area contributed by atoms with Crippen LogP contribution < -0.4 is 11.5 Å². The van der Waals surface area contributed by atoms with Crippen molar-refractivity contribution in [1.29, 1.82) is 0 Å². The molecule has 2 aromatic rings. The van der Waals surface area contributed by atoms with Crippen LogP contribution in [0.25, 0.3) is 0 Å². The second-order valence-corrected chi connectivity index (χ2v) is 7.38. The van der Waals surface area contributed by atoms with Crippen LogP contribution in [0.15, 0.2) is 60.7 Å². The summed E-state index contributed by atoms with van der Waals surface area (Å²) in [5, 5.41) is 0. The van der Waals surface area contributed by atoms with Crippen LogP contribution in [-0.4, -0.2) is 11.4 Å². The third kappa shape index (κ3) is 3.83. The van der Waals surface area contributed by atoms with Crippen LogP contribution in [0.5, 0.6) is 0 Å². The van der Waals surface area contributed by atoms with Gasteiger partial charge in [-0.25, -0.2) is 0 Å². The third-order valence-electron chi connectivity index (χ3n) is 6.20. The lowest BCUT2D eigenvalue weighted by molar-refractivity contribution is -0.122. The normalized spacial score (nSPS) is 13.4. The average Bonchev–Trinajstić information content (AvgIpc) is 2.69. The molecule has 2 rings (SSSR count). The van der Waals surface area contributed by atoms with Crippen molar-refractivity contribution in [2.75, 3.05) is 0 Å². The van der Waals surface area contributed by atoms with Gasteiger partial charge in [0, 0.05) is 5.54 Å². The summed E-state index contributed by atoms with van der Waals surface area (Å²) in [7, 11) is 0. The Kier molecular flexibility index (Phi) is 6.60. The second-order valence-electron chi connectivity index (χ2n) is 7.38. The third-order valence-corrected chi connectivity index (χ3v) is 6.20. The minimum Gasteiger partial charge on any atom is -0.369 e. The van der Waals surface area contributed by atoms with Gasteiger partial charge >= 0.3 is 0 Å². The van der Waals surface area contributed by atoms with Gasteiger partial charge in [0.25, 0.3) is 0 Å². The zero-order valence-electron chi connectivity index (χ0n) is 16.2. The Bertz CT molecular complexity index is 653. The van der Waals surface area contributed by atoms with E-state index in [0.717, 1.165) is 30.4 Å². The molecule has 2 aromatic carbocycles. The summed E-state index contributed by atoms with van der Waals surface area (Å²) >= 11 is 0. The van der Waals surface area contributed by atoms with Crippen LogP contribution in [0.1, 0.15) is 57.6 Å². The molecule has 0 saturated carbocycles. The largest absolute Gasteiger partial charge is 0.369 e. The number of hydrogen-bond donors (Lipinski definition) is 2. The Labute approximate surface area is 157 Å². The highest BCUT2D eigenvalue weighted by Gasteiger charge is 2.41. The smallest absolute Gasteiger partial charge is 0.232 e. The fourth-order valence-electron chi connectivity index (χ4n) is 3.98. The molecular weight excluding hydrogens is 320 g/mol. The quantitative estimate of drug-likeness (QED) is 0.702. The van der Waals surface area contributed by atoms with E-state index in [0.29, 0.717) is 12.3 Å². The number of amides is 1. The van der Waals surface area contributed by atoms with Gasteiger partial charge in [0.05, 0.1) is 5.41 Å². The predicted octanol–water partition coefficient (Wildman–Crippen LogP) is 4.39. The van der Waals surface area contributed by atoms with Crippen LogP contribution in [0.3, 0.4) is 0 Å². The molecule has 0 radical (unpaired) electrons. The average molecular weight is 353 g/mol. The maximum atomic E-state index is 12.8. The number of hydrogen-bond acceptors (Lipinski definition) is 2. The molecule has 4 N–H and O–H groups in total. The molecule has 0 fully saturated rings. The summed E-state index contributed by atoms with van der Waals surface area (Å²) in [5.74, 6) is -0.0126. The Hall–Kier alpha value is -2.13. The highest BCUT2D eigenvalue weighted by molar-refractivity contribution is 5.90. The zero-order chi connectivity index (χ0) is 19.2. The molecule has 26 heavy (non-hydrogen) atoms. The second kappa shape index (κ2) is 8.50. The highest BCUT2D eigenvalue weighted by Crippen LogP contribution is 2.39. The van der Waals surface area contributed by atoms with E-state index in [9.17, 15) is 4.79 Å². The number of nitrogens with two attached hydrogens (primary N) is 2. The maximum Gasteiger partial charge on any atom is 0.232 e. The van der Waals surface area contributed by atoms with Gasteiger partial charge in [0.15, 0.2) is 0 Å². The molecule has 1 amide bonds. The lowest BCUT2D eigenvalue weighted by Gasteiger charge is -2.38. The first-order chi connectivity index (χ1) is 12.4. The molecule has 0 aliphatic heterocycles. The minimum absolute atomic E-state index is 0.212. The molecule has 1 atom stereocenters. The molecule has 0 saturated heterocycles. The number of carbonyl (C=O) groups is 1. The highest BCUT2D eigenvalue weighted by atomic mass is 16.1. The summed E-state index contributed by atoms with van der Waals surface area (Å²) in [6, 6.07) is 19.8. The van der Waals surface area contributed by atoms with Crippen LogP contribution in [0.4, 0.5) is 0 Å². The molecule has 3 nitrogen and oxygen atoms in total. The molecule has 0 aromatic heterocycles. The van der Waals surface area contributed by atoms with E-state index in [-0.39, 0.29) is 11.4 Å². The van der Waals surface area contributed by atoms with Gasteiger partial charge in [0.2, 0.25) is 5.91 Å². The SMILES string of the molecule is CCC(N)(CC)C(C)CCC(C(N)=O)(c1ccccc1)c1ccccc1. The van der Waals surface area contributed by atoms with E-state index in [4.69, 9.17) is 11.5 Å². The van der Waals surface area contributed by atoms with Crippen LogP contribution >= 0.6 is 0 Å². The van der Waals surface area contributed by atoms with E-state index in [1.54, 1.807) is 0 Å². The van der Waals surface area contributed by atoms with Crippen molar-refractivity contribution < 1.29 is 4.79 Å². The summed E-state index contributed by atoms with van der Waals surface area (Å²) in [5.41, 5.74) is 13.5. The summed E-state index contributed by atoms with van der Waals surface area (Å²) in [6.07, 6.45) is 3.33. The van der Waals surface area contributed by atoms with Crippen LogP contribution in [-0.2, 0) is 10.2 Å². The molecule has 0 aliphatic rings. The number of primary amides is 1. The molecule has 0 bridgehead atoms. The maximum absolute atomic E-state index is 12.8. The van der Waals surface area contributed by atoms with E-state index >= 15 is 0 Å².